The van der Waals surface area contributed by atoms with Crippen LogP contribution < -0.4 is 5.73 Å². The largest absolute Gasteiger partial charge is 0.393 e. The molecule has 1 aromatic carbocycles. The molecule has 0 spiro atoms. The van der Waals surface area contributed by atoms with E-state index >= 15 is 0 Å². The first kappa shape index (κ1) is 10.8. The van der Waals surface area contributed by atoms with Gasteiger partial charge in [0.2, 0.25) is 0 Å². The van der Waals surface area contributed by atoms with Gasteiger partial charge in [0.1, 0.15) is 11.3 Å². The number of nitrogen functional groups attached to an aromatic ring is 1. The molecule has 4 N–H and O–H groups in total. The number of aliphatic hydroxyl groups excluding tert-OH is 1. The van der Waals surface area contributed by atoms with Crippen LogP contribution in [0.3, 0.4) is 0 Å². The topological polar surface area (TPSA) is 87.8 Å². The number of hydrogen-bond acceptors (Lipinski definition) is 4. The maximum absolute atomic E-state index is 9.40. The first-order valence-corrected chi connectivity index (χ1v) is 6.44. The molecule has 0 unspecified atom stereocenters. The van der Waals surface area contributed by atoms with E-state index in [0.717, 1.165) is 40.6 Å². The van der Waals surface area contributed by atoms with E-state index in [1.54, 1.807) is 0 Å². The minimum absolute atomic E-state index is 0.189. The van der Waals surface area contributed by atoms with Gasteiger partial charge in [-0.15, -0.1) is 0 Å². The molecule has 4 rings (SSSR count). The molecule has 2 heterocycles. The van der Waals surface area contributed by atoms with Crippen LogP contribution >= 0.6 is 0 Å². The lowest BCUT2D eigenvalue weighted by Gasteiger charge is -2.29. The molecule has 1 aliphatic carbocycles. The highest BCUT2D eigenvalue weighted by molar-refractivity contribution is 6.06. The quantitative estimate of drug-likeness (QED) is 0.619. The molecular formula is C14H14N4O. The molecule has 19 heavy (non-hydrogen) atoms. The van der Waals surface area contributed by atoms with Gasteiger partial charge >= 0.3 is 0 Å². The first-order valence-electron chi connectivity index (χ1n) is 6.44. The molecule has 5 heteroatoms. The molecule has 1 saturated carbocycles. The number of anilines is 1. The van der Waals surface area contributed by atoms with E-state index in [0.29, 0.717) is 11.7 Å². The number of aromatic amines is 1. The summed E-state index contributed by atoms with van der Waals surface area (Å²) in [5, 5.41) is 10.4. The van der Waals surface area contributed by atoms with Gasteiger partial charge in [-0.3, -0.25) is 0 Å². The van der Waals surface area contributed by atoms with Crippen LogP contribution in [0.1, 0.15) is 24.6 Å². The first-order chi connectivity index (χ1) is 9.22. The second-order valence-electron chi connectivity index (χ2n) is 5.18. The van der Waals surface area contributed by atoms with Gasteiger partial charge in [0.15, 0.2) is 5.82 Å². The monoisotopic (exact) mass is 254 g/mol. The van der Waals surface area contributed by atoms with E-state index in [9.17, 15) is 5.11 Å². The summed E-state index contributed by atoms with van der Waals surface area (Å²) in [7, 11) is 0. The summed E-state index contributed by atoms with van der Waals surface area (Å²) >= 11 is 0. The predicted molar refractivity (Wildman–Crippen MR) is 73.8 cm³/mol. The summed E-state index contributed by atoms with van der Waals surface area (Å²) in [6, 6.07) is 7.88. The van der Waals surface area contributed by atoms with Crippen molar-refractivity contribution in [2.75, 3.05) is 5.73 Å². The zero-order chi connectivity index (χ0) is 13.0. The highest BCUT2D eigenvalue weighted by atomic mass is 16.3. The molecular weight excluding hydrogens is 240 g/mol. The third-order valence-electron chi connectivity index (χ3n) is 3.88. The fraction of sp³-hybridized carbons (Fsp3) is 0.286. The standard InChI is InChI=1S/C14H14N4O/c15-13-12-11(9-3-1-2-4-10(9)16-13)17-14(18-12)7-5-8(19)6-7/h1-4,7-8,19H,5-6H2,(H2,15,16)(H,17,18). The van der Waals surface area contributed by atoms with Gasteiger partial charge in [0, 0.05) is 11.3 Å². The summed E-state index contributed by atoms with van der Waals surface area (Å²) in [5.74, 6) is 1.67. The Labute approximate surface area is 109 Å². The van der Waals surface area contributed by atoms with Crippen LogP contribution in [0.4, 0.5) is 5.82 Å². The van der Waals surface area contributed by atoms with Crippen molar-refractivity contribution >= 4 is 27.8 Å². The average molecular weight is 254 g/mol. The summed E-state index contributed by atoms with van der Waals surface area (Å²) in [5.41, 5.74) is 8.53. The van der Waals surface area contributed by atoms with E-state index in [-0.39, 0.29) is 6.10 Å². The molecule has 1 aliphatic rings. The fourth-order valence-corrected chi connectivity index (χ4v) is 2.74. The van der Waals surface area contributed by atoms with Crippen LogP contribution in [0.25, 0.3) is 21.9 Å². The Morgan fingerprint density at radius 1 is 1.21 bits per heavy atom. The van der Waals surface area contributed by atoms with Crippen molar-refractivity contribution in [3.63, 3.8) is 0 Å². The number of rotatable bonds is 1. The molecule has 0 saturated heterocycles. The third-order valence-corrected chi connectivity index (χ3v) is 3.88. The number of para-hydroxylation sites is 1. The zero-order valence-electron chi connectivity index (χ0n) is 10.3. The number of nitrogens with two attached hydrogens (primary N) is 1. The molecule has 2 aromatic heterocycles. The number of nitrogens with zero attached hydrogens (tertiary/aromatic N) is 2. The normalized spacial score (nSPS) is 22.8. The van der Waals surface area contributed by atoms with E-state index in [1.807, 2.05) is 24.3 Å². The minimum atomic E-state index is -0.189. The van der Waals surface area contributed by atoms with E-state index in [2.05, 4.69) is 15.0 Å². The number of H-pyrrole nitrogens is 1. The highest BCUT2D eigenvalue weighted by Gasteiger charge is 2.31. The van der Waals surface area contributed by atoms with Crippen LogP contribution in [-0.4, -0.2) is 26.2 Å². The second-order valence-corrected chi connectivity index (χ2v) is 5.18. The molecule has 0 atom stereocenters. The van der Waals surface area contributed by atoms with Crippen molar-refractivity contribution in [2.45, 2.75) is 24.9 Å². The Bertz CT molecular complexity index is 774. The van der Waals surface area contributed by atoms with Crippen molar-refractivity contribution in [3.05, 3.63) is 30.1 Å². The average Bonchev–Trinajstić information content (AvgIpc) is 2.80. The second kappa shape index (κ2) is 3.68. The van der Waals surface area contributed by atoms with Crippen molar-refractivity contribution < 1.29 is 5.11 Å². The molecule has 3 aromatic rings. The lowest BCUT2D eigenvalue weighted by molar-refractivity contribution is 0.0720. The molecule has 0 amide bonds. The Balaban J connectivity index is 1.96. The Morgan fingerprint density at radius 3 is 2.79 bits per heavy atom. The Kier molecular flexibility index (Phi) is 2.08. The van der Waals surface area contributed by atoms with Gasteiger partial charge in [0.25, 0.3) is 0 Å². The Morgan fingerprint density at radius 2 is 2.00 bits per heavy atom. The van der Waals surface area contributed by atoms with Gasteiger partial charge in [0.05, 0.1) is 17.1 Å². The number of fused-ring (bicyclic) bond motifs is 3. The summed E-state index contributed by atoms with van der Waals surface area (Å²) in [4.78, 5) is 12.3. The van der Waals surface area contributed by atoms with E-state index < -0.39 is 0 Å². The number of nitrogens with one attached hydrogen (secondary N) is 1. The maximum atomic E-state index is 9.40. The number of benzene rings is 1. The van der Waals surface area contributed by atoms with Crippen molar-refractivity contribution in [1.82, 2.24) is 15.0 Å². The summed E-state index contributed by atoms with van der Waals surface area (Å²) < 4.78 is 0. The van der Waals surface area contributed by atoms with Gasteiger partial charge in [-0.1, -0.05) is 18.2 Å². The molecule has 0 aliphatic heterocycles. The number of imidazole rings is 1. The summed E-state index contributed by atoms with van der Waals surface area (Å²) in [6.45, 7) is 0. The SMILES string of the molecule is Nc1nc2ccccc2c2[nH]c(C3CC(O)C3)nc12. The molecule has 0 bridgehead atoms. The van der Waals surface area contributed by atoms with Crippen molar-refractivity contribution in [2.24, 2.45) is 0 Å². The van der Waals surface area contributed by atoms with Crippen LogP contribution in [-0.2, 0) is 0 Å². The van der Waals surface area contributed by atoms with Crippen LogP contribution in [0.5, 0.6) is 0 Å². The minimum Gasteiger partial charge on any atom is -0.393 e. The molecule has 0 radical (unpaired) electrons. The van der Waals surface area contributed by atoms with Crippen molar-refractivity contribution in [3.8, 4) is 0 Å². The van der Waals surface area contributed by atoms with Gasteiger partial charge in [-0.25, -0.2) is 9.97 Å². The van der Waals surface area contributed by atoms with Crippen LogP contribution in [0.2, 0.25) is 0 Å². The Hall–Kier alpha value is -2.14. The van der Waals surface area contributed by atoms with Gasteiger partial charge in [-0.2, -0.15) is 0 Å². The van der Waals surface area contributed by atoms with Crippen molar-refractivity contribution in [1.29, 1.82) is 0 Å². The maximum Gasteiger partial charge on any atom is 0.152 e. The third kappa shape index (κ3) is 1.51. The number of aliphatic hydroxyl groups is 1. The lowest BCUT2D eigenvalue weighted by atomic mass is 9.82. The predicted octanol–water partition coefficient (Wildman–Crippen LogP) is 1.93. The van der Waals surface area contributed by atoms with E-state index in [1.165, 1.54) is 0 Å². The fourth-order valence-electron chi connectivity index (χ4n) is 2.74. The van der Waals surface area contributed by atoms with Gasteiger partial charge in [-0.05, 0) is 18.9 Å². The molecule has 96 valence electrons. The van der Waals surface area contributed by atoms with Gasteiger partial charge < -0.3 is 15.8 Å². The smallest absolute Gasteiger partial charge is 0.152 e. The molecule has 5 nitrogen and oxygen atoms in total. The number of pyridine rings is 1. The molecule has 1 fully saturated rings. The van der Waals surface area contributed by atoms with E-state index in [4.69, 9.17) is 5.73 Å². The van der Waals surface area contributed by atoms with Crippen LogP contribution in [0.15, 0.2) is 24.3 Å². The number of hydrogen-bond donors (Lipinski definition) is 3. The zero-order valence-corrected chi connectivity index (χ0v) is 10.3. The lowest BCUT2D eigenvalue weighted by Crippen LogP contribution is -2.27. The van der Waals surface area contributed by atoms with Crippen LogP contribution in [0, 0.1) is 0 Å². The number of aromatic nitrogens is 3. The summed E-state index contributed by atoms with van der Waals surface area (Å²) in [6.07, 6.45) is 1.35. The highest BCUT2D eigenvalue weighted by Crippen LogP contribution is 2.37.